The number of aromatic nitrogens is 1. The Morgan fingerprint density at radius 1 is 1.10 bits per heavy atom. The van der Waals surface area contributed by atoms with Crippen LogP contribution in [0.15, 0.2) is 47.4 Å². The van der Waals surface area contributed by atoms with E-state index in [2.05, 4.69) is 4.98 Å². The summed E-state index contributed by atoms with van der Waals surface area (Å²) in [5, 5.41) is 0.386. The van der Waals surface area contributed by atoms with Crippen LogP contribution in [-0.4, -0.2) is 57.1 Å². The first-order valence-electron chi connectivity index (χ1n) is 9.97. The van der Waals surface area contributed by atoms with Gasteiger partial charge in [0.05, 0.1) is 15.3 Å². The molecule has 0 N–H and O–H groups in total. The molecule has 0 saturated carbocycles. The molecule has 1 amide bonds. The molecule has 0 saturated heterocycles. The number of rotatable bonds is 9. The molecule has 0 aliphatic heterocycles. The third-order valence-corrected chi connectivity index (χ3v) is 7.62. The van der Waals surface area contributed by atoms with Crippen molar-refractivity contribution < 1.29 is 17.6 Å². The van der Waals surface area contributed by atoms with Gasteiger partial charge < -0.3 is 4.90 Å². The second-order valence-electron chi connectivity index (χ2n) is 7.67. The van der Waals surface area contributed by atoms with Gasteiger partial charge in [-0.05, 0) is 58.3 Å². The smallest absolute Gasteiger partial charge is 0.229 e. The first-order valence-corrected chi connectivity index (χ1v) is 12.4. The van der Waals surface area contributed by atoms with Gasteiger partial charge in [-0.25, -0.2) is 17.8 Å². The molecule has 0 spiro atoms. The fourth-order valence-corrected chi connectivity index (χ4v) is 5.36. The first kappa shape index (κ1) is 23.3. The number of carbonyl (C=O) groups excluding carboxylic acids is 1. The van der Waals surface area contributed by atoms with E-state index in [1.807, 2.05) is 25.9 Å². The van der Waals surface area contributed by atoms with E-state index in [-0.39, 0.29) is 28.5 Å². The van der Waals surface area contributed by atoms with Crippen molar-refractivity contribution in [3.63, 3.8) is 0 Å². The maximum absolute atomic E-state index is 14.1. The zero-order valence-electron chi connectivity index (χ0n) is 17.8. The number of carbonyl (C=O) groups is 1. The highest BCUT2D eigenvalue weighted by Crippen LogP contribution is 2.31. The van der Waals surface area contributed by atoms with E-state index in [0.717, 1.165) is 12.1 Å². The Balaban J connectivity index is 1.80. The number of aryl methyl sites for hydroxylation is 1. The van der Waals surface area contributed by atoms with Crippen LogP contribution in [0.3, 0.4) is 0 Å². The standard InChI is InChI=1S/C22H26FN3O3S2/c1-16-8-10-17(11-9-16)31(28,29)15-12-20(27)26(14-5-13-25(2)3)22-24-21-18(23)6-4-7-19(21)30-22/h4,6-11H,5,12-15H2,1-3H3. The average molecular weight is 464 g/mol. The van der Waals surface area contributed by atoms with E-state index >= 15 is 0 Å². The zero-order chi connectivity index (χ0) is 22.6. The summed E-state index contributed by atoms with van der Waals surface area (Å²) in [7, 11) is 0.290. The molecule has 0 atom stereocenters. The largest absolute Gasteiger partial charge is 0.309 e. The summed E-state index contributed by atoms with van der Waals surface area (Å²) in [6.07, 6.45) is 0.512. The molecule has 0 aliphatic carbocycles. The molecule has 31 heavy (non-hydrogen) atoms. The molecule has 3 aromatic rings. The maximum atomic E-state index is 14.1. The molecule has 0 fully saturated rings. The summed E-state index contributed by atoms with van der Waals surface area (Å²) in [6.45, 7) is 3.01. The van der Waals surface area contributed by atoms with E-state index in [4.69, 9.17) is 0 Å². The number of para-hydroxylation sites is 1. The number of anilines is 1. The third kappa shape index (κ3) is 5.87. The van der Waals surface area contributed by atoms with Crippen molar-refractivity contribution in [3.8, 4) is 0 Å². The monoisotopic (exact) mass is 463 g/mol. The minimum atomic E-state index is -3.59. The lowest BCUT2D eigenvalue weighted by atomic mass is 10.2. The number of hydrogen-bond donors (Lipinski definition) is 0. The Morgan fingerprint density at radius 3 is 2.45 bits per heavy atom. The molecular formula is C22H26FN3O3S2. The van der Waals surface area contributed by atoms with Gasteiger partial charge in [0, 0.05) is 13.0 Å². The van der Waals surface area contributed by atoms with E-state index in [0.29, 0.717) is 22.8 Å². The summed E-state index contributed by atoms with van der Waals surface area (Å²) in [6, 6.07) is 11.3. The Morgan fingerprint density at radius 2 is 1.81 bits per heavy atom. The van der Waals surface area contributed by atoms with Crippen LogP contribution in [0.25, 0.3) is 10.2 Å². The van der Waals surface area contributed by atoms with Gasteiger partial charge in [-0.3, -0.25) is 9.69 Å². The van der Waals surface area contributed by atoms with Crippen molar-refractivity contribution in [2.75, 3.05) is 37.8 Å². The Hall–Kier alpha value is -2.36. The number of sulfone groups is 1. The average Bonchev–Trinajstić information content (AvgIpc) is 3.15. The van der Waals surface area contributed by atoms with Crippen molar-refractivity contribution in [1.82, 2.24) is 9.88 Å². The van der Waals surface area contributed by atoms with Crippen molar-refractivity contribution in [3.05, 3.63) is 53.8 Å². The highest BCUT2D eigenvalue weighted by molar-refractivity contribution is 7.91. The SMILES string of the molecule is Cc1ccc(S(=O)(=O)CCC(=O)N(CCCN(C)C)c2nc3c(F)cccc3s2)cc1. The molecular weight excluding hydrogens is 437 g/mol. The molecule has 9 heteroatoms. The van der Waals surface area contributed by atoms with Crippen molar-refractivity contribution in [2.45, 2.75) is 24.7 Å². The summed E-state index contributed by atoms with van der Waals surface area (Å²) in [4.78, 5) is 21.1. The number of hydrogen-bond acceptors (Lipinski definition) is 6. The summed E-state index contributed by atoms with van der Waals surface area (Å²) in [5.74, 6) is -1.07. The Kier molecular flexibility index (Phi) is 7.40. The number of thiazole rings is 1. The van der Waals surface area contributed by atoms with Gasteiger partial charge in [-0.2, -0.15) is 0 Å². The second-order valence-corrected chi connectivity index (χ2v) is 10.8. The molecule has 1 heterocycles. The van der Waals surface area contributed by atoms with Crippen LogP contribution >= 0.6 is 11.3 Å². The first-order chi connectivity index (χ1) is 14.7. The molecule has 2 aromatic carbocycles. The number of halogens is 1. The van der Waals surface area contributed by atoms with Crippen molar-refractivity contribution in [1.29, 1.82) is 0 Å². The second kappa shape index (κ2) is 9.84. The molecule has 6 nitrogen and oxygen atoms in total. The van der Waals surface area contributed by atoms with E-state index in [1.54, 1.807) is 36.4 Å². The summed E-state index contributed by atoms with van der Waals surface area (Å²) in [5.41, 5.74) is 1.19. The highest BCUT2D eigenvalue weighted by atomic mass is 32.2. The number of benzene rings is 2. The van der Waals surface area contributed by atoms with E-state index in [1.165, 1.54) is 22.3 Å². The van der Waals surface area contributed by atoms with Gasteiger partial charge in [0.1, 0.15) is 11.3 Å². The number of fused-ring (bicyclic) bond motifs is 1. The van der Waals surface area contributed by atoms with Crippen LogP contribution in [0.5, 0.6) is 0 Å². The summed E-state index contributed by atoms with van der Waals surface area (Å²) < 4.78 is 40.1. The molecule has 3 rings (SSSR count). The minimum absolute atomic E-state index is 0.170. The normalized spacial score (nSPS) is 11.9. The summed E-state index contributed by atoms with van der Waals surface area (Å²) >= 11 is 1.23. The van der Waals surface area contributed by atoms with Gasteiger partial charge in [0.15, 0.2) is 15.0 Å². The number of nitrogens with zero attached hydrogens (tertiary/aromatic N) is 3. The predicted octanol–water partition coefficient (Wildman–Crippen LogP) is 3.89. The lowest BCUT2D eigenvalue weighted by Gasteiger charge is -2.21. The molecule has 0 unspecified atom stereocenters. The fraction of sp³-hybridized carbons (Fsp3) is 0.364. The van der Waals surface area contributed by atoms with Crippen molar-refractivity contribution in [2.24, 2.45) is 0 Å². The van der Waals surface area contributed by atoms with Crippen LogP contribution in [0.4, 0.5) is 9.52 Å². The quantitative estimate of drug-likeness (QED) is 0.481. The Labute approximate surface area is 186 Å². The molecule has 0 radical (unpaired) electrons. The molecule has 0 bridgehead atoms. The fourth-order valence-electron chi connectivity index (χ4n) is 3.11. The van der Waals surface area contributed by atoms with E-state index in [9.17, 15) is 17.6 Å². The van der Waals surface area contributed by atoms with Crippen LogP contribution in [0, 0.1) is 12.7 Å². The van der Waals surface area contributed by atoms with Gasteiger partial charge in [0.2, 0.25) is 5.91 Å². The molecule has 0 aliphatic rings. The van der Waals surface area contributed by atoms with Crippen LogP contribution < -0.4 is 4.90 Å². The lowest BCUT2D eigenvalue weighted by Crippen LogP contribution is -2.34. The van der Waals surface area contributed by atoms with Crippen LogP contribution in [-0.2, 0) is 14.6 Å². The van der Waals surface area contributed by atoms with Gasteiger partial charge >= 0.3 is 0 Å². The zero-order valence-corrected chi connectivity index (χ0v) is 19.5. The predicted molar refractivity (Wildman–Crippen MR) is 123 cm³/mol. The maximum Gasteiger partial charge on any atom is 0.229 e. The van der Waals surface area contributed by atoms with Crippen LogP contribution in [0.1, 0.15) is 18.4 Å². The topological polar surface area (TPSA) is 70.6 Å². The number of amides is 1. The highest BCUT2D eigenvalue weighted by Gasteiger charge is 2.23. The molecule has 166 valence electrons. The third-order valence-electron chi connectivity index (χ3n) is 4.84. The Bertz CT molecular complexity index is 1160. The van der Waals surface area contributed by atoms with E-state index < -0.39 is 15.7 Å². The van der Waals surface area contributed by atoms with Crippen molar-refractivity contribution >= 4 is 42.4 Å². The van der Waals surface area contributed by atoms with Crippen LogP contribution in [0.2, 0.25) is 0 Å². The van der Waals surface area contributed by atoms with Gasteiger partial charge in [-0.15, -0.1) is 0 Å². The van der Waals surface area contributed by atoms with Gasteiger partial charge in [0.25, 0.3) is 0 Å². The molecule has 1 aromatic heterocycles. The van der Waals surface area contributed by atoms with Gasteiger partial charge in [-0.1, -0.05) is 35.1 Å². The minimum Gasteiger partial charge on any atom is -0.309 e. The lowest BCUT2D eigenvalue weighted by molar-refractivity contribution is -0.118.